The van der Waals surface area contributed by atoms with Crippen molar-refractivity contribution in [1.29, 1.82) is 0 Å². The van der Waals surface area contributed by atoms with E-state index in [1.165, 1.54) is 0 Å². The Hall–Kier alpha value is -1.49. The Kier molecular flexibility index (Phi) is 1.94. The Bertz CT molecular complexity index is 350. The fourth-order valence-corrected chi connectivity index (χ4v) is 1.21. The molecule has 1 N–H and O–H groups in total. The van der Waals surface area contributed by atoms with Crippen molar-refractivity contribution in [1.82, 2.24) is 9.97 Å². The molecule has 0 spiro atoms. The van der Waals surface area contributed by atoms with E-state index in [-0.39, 0.29) is 6.23 Å². The smallest absolute Gasteiger partial charge is 0.180 e. The molecule has 0 aromatic carbocycles. The van der Waals surface area contributed by atoms with E-state index in [4.69, 9.17) is 4.74 Å². The Balaban J connectivity index is 2.45. The summed E-state index contributed by atoms with van der Waals surface area (Å²) in [7, 11) is 1.61. The number of rotatable bonds is 1. The zero-order valence-corrected chi connectivity index (χ0v) is 7.48. The number of methoxy groups -OCH3 is 1. The molecule has 1 atom stereocenters. The van der Waals surface area contributed by atoms with E-state index in [9.17, 15) is 0 Å². The summed E-state index contributed by atoms with van der Waals surface area (Å²) in [4.78, 5) is 12.4. The van der Waals surface area contributed by atoms with Crippen LogP contribution in [0, 0.1) is 6.92 Å². The quantitative estimate of drug-likeness (QED) is 0.693. The number of aromatic nitrogens is 2. The molecule has 0 amide bonds. The molecule has 1 aromatic rings. The van der Waals surface area contributed by atoms with E-state index in [0.717, 1.165) is 17.2 Å². The summed E-state index contributed by atoms with van der Waals surface area (Å²) in [6, 6.07) is 0. The highest BCUT2D eigenvalue weighted by Gasteiger charge is 2.17. The number of aryl methyl sites for hydroxylation is 1. The number of aliphatic imine (C=N–C) groups is 1. The number of nitrogens with zero attached hydrogens (tertiary/aromatic N) is 3. The Labute approximate surface area is 75.9 Å². The zero-order valence-electron chi connectivity index (χ0n) is 7.48. The van der Waals surface area contributed by atoms with Gasteiger partial charge in [-0.15, -0.1) is 0 Å². The van der Waals surface area contributed by atoms with Gasteiger partial charge in [0.25, 0.3) is 0 Å². The lowest BCUT2D eigenvalue weighted by atomic mass is 10.2. The lowest BCUT2D eigenvalue weighted by Crippen LogP contribution is -2.14. The molecule has 5 nitrogen and oxygen atoms in total. The second kappa shape index (κ2) is 3.10. The van der Waals surface area contributed by atoms with Gasteiger partial charge in [-0.3, -0.25) is 0 Å². The SMILES string of the molecule is COC1N=CNc2nc(C)ncc21. The van der Waals surface area contributed by atoms with E-state index >= 15 is 0 Å². The van der Waals surface area contributed by atoms with Gasteiger partial charge in [0, 0.05) is 13.3 Å². The predicted octanol–water partition coefficient (Wildman–Crippen LogP) is 0.884. The summed E-state index contributed by atoms with van der Waals surface area (Å²) in [5.41, 5.74) is 0.871. The Morgan fingerprint density at radius 1 is 1.54 bits per heavy atom. The largest absolute Gasteiger partial charge is 0.355 e. The molecular formula is C8H10N4O. The van der Waals surface area contributed by atoms with E-state index in [0.29, 0.717) is 0 Å². The number of anilines is 1. The van der Waals surface area contributed by atoms with Gasteiger partial charge in [-0.1, -0.05) is 0 Å². The summed E-state index contributed by atoms with van der Waals surface area (Å²) in [5, 5.41) is 2.94. The Morgan fingerprint density at radius 3 is 3.15 bits per heavy atom. The maximum absolute atomic E-state index is 5.14. The van der Waals surface area contributed by atoms with Crippen LogP contribution in [0.25, 0.3) is 0 Å². The summed E-state index contributed by atoms with van der Waals surface area (Å²) in [5.74, 6) is 1.51. The van der Waals surface area contributed by atoms with E-state index in [2.05, 4.69) is 20.3 Å². The maximum Gasteiger partial charge on any atom is 0.180 e. The second-order valence-electron chi connectivity index (χ2n) is 2.73. The minimum atomic E-state index is -0.281. The molecule has 0 saturated heterocycles. The van der Waals surface area contributed by atoms with Crippen LogP contribution < -0.4 is 5.32 Å². The highest BCUT2D eigenvalue weighted by atomic mass is 16.5. The lowest BCUT2D eigenvalue weighted by molar-refractivity contribution is 0.111. The predicted molar refractivity (Wildman–Crippen MR) is 48.6 cm³/mol. The molecule has 68 valence electrons. The summed E-state index contributed by atoms with van der Waals surface area (Å²) in [6.07, 6.45) is 3.04. The van der Waals surface area contributed by atoms with Crippen molar-refractivity contribution in [3.63, 3.8) is 0 Å². The fourth-order valence-electron chi connectivity index (χ4n) is 1.21. The molecule has 0 saturated carbocycles. The molecule has 2 rings (SSSR count). The molecule has 2 heterocycles. The molecule has 1 aliphatic rings. The van der Waals surface area contributed by atoms with Crippen LogP contribution >= 0.6 is 0 Å². The second-order valence-corrected chi connectivity index (χ2v) is 2.73. The van der Waals surface area contributed by atoms with Crippen molar-refractivity contribution < 1.29 is 4.74 Å². The van der Waals surface area contributed by atoms with Gasteiger partial charge in [0.15, 0.2) is 6.23 Å². The van der Waals surface area contributed by atoms with Crippen molar-refractivity contribution in [2.24, 2.45) is 4.99 Å². The minimum absolute atomic E-state index is 0.281. The first kappa shape index (κ1) is 8.12. The first-order valence-corrected chi connectivity index (χ1v) is 3.96. The molecule has 13 heavy (non-hydrogen) atoms. The van der Waals surface area contributed by atoms with E-state index in [1.54, 1.807) is 19.6 Å². The van der Waals surface area contributed by atoms with Crippen LogP contribution in [0.3, 0.4) is 0 Å². The number of hydrogen-bond acceptors (Lipinski definition) is 5. The molecule has 0 radical (unpaired) electrons. The molecule has 1 aliphatic heterocycles. The van der Waals surface area contributed by atoms with Crippen LogP contribution in [0.1, 0.15) is 17.6 Å². The van der Waals surface area contributed by atoms with Gasteiger partial charge in [-0.25, -0.2) is 15.0 Å². The third-order valence-corrected chi connectivity index (χ3v) is 1.84. The molecule has 0 bridgehead atoms. The molecule has 0 fully saturated rings. The first-order chi connectivity index (χ1) is 6.31. The number of nitrogens with one attached hydrogen (secondary N) is 1. The highest BCUT2D eigenvalue weighted by molar-refractivity contribution is 5.77. The topological polar surface area (TPSA) is 59.4 Å². The van der Waals surface area contributed by atoms with Crippen LogP contribution in [-0.4, -0.2) is 23.4 Å². The standard InChI is InChI=1S/C8H10N4O/c1-5-9-3-6-7(12-5)10-4-11-8(6)13-2/h3-4,8H,1-2H3,(H,9,10,11,12). The fraction of sp³-hybridized carbons (Fsp3) is 0.375. The van der Waals surface area contributed by atoms with Crippen LogP contribution in [0.4, 0.5) is 5.82 Å². The monoisotopic (exact) mass is 178 g/mol. The van der Waals surface area contributed by atoms with Crippen LogP contribution in [0.5, 0.6) is 0 Å². The van der Waals surface area contributed by atoms with Crippen molar-refractivity contribution in [2.45, 2.75) is 13.2 Å². The van der Waals surface area contributed by atoms with Gasteiger partial charge >= 0.3 is 0 Å². The third kappa shape index (κ3) is 1.38. The lowest BCUT2D eigenvalue weighted by Gasteiger charge is -2.18. The highest BCUT2D eigenvalue weighted by Crippen LogP contribution is 2.25. The molecule has 5 heteroatoms. The number of hydrogen-bond donors (Lipinski definition) is 1. The van der Waals surface area contributed by atoms with Gasteiger partial charge in [-0.05, 0) is 6.92 Å². The van der Waals surface area contributed by atoms with Gasteiger partial charge in [0.2, 0.25) is 0 Å². The molecular weight excluding hydrogens is 168 g/mol. The number of ether oxygens (including phenoxy) is 1. The summed E-state index contributed by atoms with van der Waals surface area (Å²) in [6.45, 7) is 1.84. The zero-order chi connectivity index (χ0) is 9.26. The van der Waals surface area contributed by atoms with Crippen molar-refractivity contribution in [2.75, 3.05) is 12.4 Å². The van der Waals surface area contributed by atoms with Gasteiger partial charge in [-0.2, -0.15) is 0 Å². The molecule has 1 aromatic heterocycles. The average Bonchev–Trinajstić information content (AvgIpc) is 2.16. The van der Waals surface area contributed by atoms with Crippen LogP contribution in [0.15, 0.2) is 11.2 Å². The van der Waals surface area contributed by atoms with Gasteiger partial charge in [0.05, 0.1) is 11.9 Å². The van der Waals surface area contributed by atoms with Crippen molar-refractivity contribution in [3.05, 3.63) is 17.6 Å². The first-order valence-electron chi connectivity index (χ1n) is 3.96. The normalized spacial score (nSPS) is 19.4. The van der Waals surface area contributed by atoms with Crippen LogP contribution in [-0.2, 0) is 4.74 Å². The molecule has 0 aliphatic carbocycles. The number of fused-ring (bicyclic) bond motifs is 1. The third-order valence-electron chi connectivity index (χ3n) is 1.84. The van der Waals surface area contributed by atoms with Crippen molar-refractivity contribution in [3.8, 4) is 0 Å². The summed E-state index contributed by atoms with van der Waals surface area (Å²) >= 11 is 0. The summed E-state index contributed by atoms with van der Waals surface area (Å²) < 4.78 is 5.14. The van der Waals surface area contributed by atoms with E-state index in [1.807, 2.05) is 6.92 Å². The minimum Gasteiger partial charge on any atom is -0.355 e. The van der Waals surface area contributed by atoms with Crippen molar-refractivity contribution >= 4 is 12.2 Å². The van der Waals surface area contributed by atoms with Gasteiger partial charge in [0.1, 0.15) is 11.6 Å². The molecule has 1 unspecified atom stereocenters. The van der Waals surface area contributed by atoms with Crippen LogP contribution in [0.2, 0.25) is 0 Å². The van der Waals surface area contributed by atoms with Gasteiger partial charge < -0.3 is 10.1 Å². The Morgan fingerprint density at radius 2 is 2.38 bits per heavy atom. The average molecular weight is 178 g/mol. The van der Waals surface area contributed by atoms with E-state index < -0.39 is 0 Å². The maximum atomic E-state index is 5.14.